The molecule has 0 radical (unpaired) electrons. The molecule has 1 aromatic heterocycles. The number of nitrogens with zero attached hydrogens (tertiary/aromatic N) is 1. The number of benzene rings is 2. The van der Waals surface area contributed by atoms with Gasteiger partial charge >= 0.3 is 0 Å². The Morgan fingerprint density at radius 2 is 1.93 bits per heavy atom. The van der Waals surface area contributed by atoms with Gasteiger partial charge in [-0.15, -0.1) is 0 Å². The zero-order valence-electron chi connectivity index (χ0n) is 16.1. The van der Waals surface area contributed by atoms with Crippen molar-refractivity contribution in [2.75, 3.05) is 12.4 Å². The first kappa shape index (κ1) is 19.4. The molecule has 0 fully saturated rings. The molecule has 0 aliphatic rings. The minimum atomic E-state index is -0.495. The van der Waals surface area contributed by atoms with E-state index in [1.165, 1.54) is 13.2 Å². The molecule has 0 unspecified atom stereocenters. The Kier molecular flexibility index (Phi) is 5.63. The number of aromatic nitrogens is 1. The van der Waals surface area contributed by atoms with Gasteiger partial charge in [-0.25, -0.2) is 4.39 Å². The third kappa shape index (κ3) is 4.14. The molecular formula is C21H21FN2O4. The van der Waals surface area contributed by atoms with Crippen molar-refractivity contribution in [3.05, 3.63) is 70.4 Å². The quantitative estimate of drug-likeness (QED) is 0.673. The van der Waals surface area contributed by atoms with Crippen molar-refractivity contribution in [3.63, 3.8) is 0 Å². The molecule has 0 saturated carbocycles. The lowest BCUT2D eigenvalue weighted by Crippen LogP contribution is -2.13. The van der Waals surface area contributed by atoms with Crippen molar-refractivity contribution in [1.29, 1.82) is 0 Å². The molecule has 6 nitrogen and oxygen atoms in total. The number of hydrogen-bond donors (Lipinski definition) is 1. The number of methoxy groups -OCH3 is 1. The number of nitrogens with one attached hydrogen (secondary N) is 1. The summed E-state index contributed by atoms with van der Waals surface area (Å²) in [7, 11) is 1.49. The van der Waals surface area contributed by atoms with Crippen LogP contribution in [0.4, 0.5) is 10.1 Å². The number of carbonyl (C=O) groups is 1. The molecule has 146 valence electrons. The molecule has 0 atom stereocenters. The van der Waals surface area contributed by atoms with Crippen LogP contribution in [0.25, 0.3) is 0 Å². The summed E-state index contributed by atoms with van der Waals surface area (Å²) < 4.78 is 30.2. The predicted octanol–water partition coefficient (Wildman–Crippen LogP) is 4.58. The maximum Gasteiger partial charge on any atom is 0.255 e. The number of ether oxygens (including phenoxy) is 2. The first-order valence-electron chi connectivity index (χ1n) is 8.69. The molecule has 3 rings (SSSR count). The summed E-state index contributed by atoms with van der Waals surface area (Å²) in [6.07, 6.45) is 0. The minimum absolute atomic E-state index is 0.128. The Labute approximate surface area is 162 Å². The monoisotopic (exact) mass is 384 g/mol. The highest BCUT2D eigenvalue weighted by Gasteiger charge is 2.15. The summed E-state index contributed by atoms with van der Waals surface area (Å²) in [6.45, 7) is 5.73. The fourth-order valence-corrected chi connectivity index (χ4v) is 2.72. The summed E-state index contributed by atoms with van der Waals surface area (Å²) in [5, 5.41) is 6.47. The lowest BCUT2D eigenvalue weighted by molar-refractivity contribution is 0.102. The molecular weight excluding hydrogens is 363 g/mol. The molecule has 0 aliphatic heterocycles. The van der Waals surface area contributed by atoms with E-state index in [2.05, 4.69) is 10.5 Å². The molecule has 0 bridgehead atoms. The van der Waals surface area contributed by atoms with Gasteiger partial charge in [-0.2, -0.15) is 0 Å². The van der Waals surface area contributed by atoms with Gasteiger partial charge in [0.05, 0.1) is 24.1 Å². The van der Waals surface area contributed by atoms with Crippen molar-refractivity contribution in [2.45, 2.75) is 27.4 Å². The highest BCUT2D eigenvalue weighted by Crippen LogP contribution is 2.30. The van der Waals surface area contributed by atoms with Gasteiger partial charge in [-0.05, 0) is 56.7 Å². The van der Waals surface area contributed by atoms with Crippen LogP contribution in [0.15, 0.2) is 40.9 Å². The van der Waals surface area contributed by atoms with Gasteiger partial charge in [0.15, 0.2) is 11.5 Å². The molecule has 0 saturated heterocycles. The minimum Gasteiger partial charge on any atom is -0.493 e. The number of anilines is 1. The smallest absolute Gasteiger partial charge is 0.255 e. The van der Waals surface area contributed by atoms with Gasteiger partial charge in [0.2, 0.25) is 0 Å². The van der Waals surface area contributed by atoms with Gasteiger partial charge in [0.1, 0.15) is 18.2 Å². The van der Waals surface area contributed by atoms with E-state index >= 15 is 0 Å². The number of hydrogen-bond acceptors (Lipinski definition) is 5. The lowest BCUT2D eigenvalue weighted by atomic mass is 10.1. The maximum absolute atomic E-state index is 13.9. The van der Waals surface area contributed by atoms with E-state index in [0.29, 0.717) is 22.8 Å². The Morgan fingerprint density at radius 3 is 2.61 bits per heavy atom. The van der Waals surface area contributed by atoms with Crippen LogP contribution in [0.3, 0.4) is 0 Å². The third-order valence-electron chi connectivity index (χ3n) is 4.35. The Balaban J connectivity index is 1.76. The molecule has 7 heteroatoms. The average molecular weight is 384 g/mol. The number of aryl methyl sites for hydroxylation is 3. The molecule has 1 N–H and O–H groups in total. The second-order valence-corrected chi connectivity index (χ2v) is 6.39. The van der Waals surface area contributed by atoms with Crippen LogP contribution < -0.4 is 14.8 Å². The standard InChI is InChI=1S/C21H21FN2O4/c1-12-5-7-17(22)18(9-12)23-21(25)15-6-8-19(20(10-15)26-4)27-11-16-13(2)24-28-14(16)3/h5-10H,11H2,1-4H3,(H,23,25). The van der Waals surface area contributed by atoms with Crippen LogP contribution in [0, 0.1) is 26.6 Å². The predicted molar refractivity (Wildman–Crippen MR) is 102 cm³/mol. The van der Waals surface area contributed by atoms with Crippen LogP contribution >= 0.6 is 0 Å². The Bertz CT molecular complexity index is 994. The van der Waals surface area contributed by atoms with Crippen molar-refractivity contribution < 1.29 is 23.2 Å². The molecule has 3 aromatic rings. The fraction of sp³-hybridized carbons (Fsp3) is 0.238. The highest BCUT2D eigenvalue weighted by atomic mass is 19.1. The van der Waals surface area contributed by atoms with Gasteiger partial charge < -0.3 is 19.3 Å². The summed E-state index contributed by atoms with van der Waals surface area (Å²) in [5.74, 6) is 0.614. The van der Waals surface area contributed by atoms with Crippen molar-refractivity contribution >= 4 is 11.6 Å². The summed E-state index contributed by atoms with van der Waals surface area (Å²) in [5.41, 5.74) is 2.91. The van der Waals surface area contributed by atoms with E-state index in [-0.39, 0.29) is 12.3 Å². The largest absolute Gasteiger partial charge is 0.493 e. The number of amides is 1. The molecule has 0 spiro atoms. The molecule has 0 aliphatic carbocycles. The normalized spacial score (nSPS) is 10.6. The van der Waals surface area contributed by atoms with Crippen LogP contribution in [0.1, 0.15) is 32.9 Å². The maximum atomic E-state index is 13.9. The number of carbonyl (C=O) groups excluding carboxylic acids is 1. The van der Waals surface area contributed by atoms with E-state index in [4.69, 9.17) is 14.0 Å². The summed E-state index contributed by atoms with van der Waals surface area (Å²) in [4.78, 5) is 12.5. The van der Waals surface area contributed by atoms with Crippen LogP contribution in [-0.2, 0) is 6.61 Å². The van der Waals surface area contributed by atoms with Crippen LogP contribution in [0.2, 0.25) is 0 Å². The van der Waals surface area contributed by atoms with E-state index < -0.39 is 11.7 Å². The van der Waals surface area contributed by atoms with E-state index in [0.717, 1.165) is 16.8 Å². The topological polar surface area (TPSA) is 73.6 Å². The fourth-order valence-electron chi connectivity index (χ4n) is 2.72. The van der Waals surface area contributed by atoms with Crippen molar-refractivity contribution in [2.24, 2.45) is 0 Å². The zero-order chi connectivity index (χ0) is 20.3. The third-order valence-corrected chi connectivity index (χ3v) is 4.35. The highest BCUT2D eigenvalue weighted by molar-refractivity contribution is 6.04. The molecule has 1 heterocycles. The zero-order valence-corrected chi connectivity index (χ0v) is 16.1. The van der Waals surface area contributed by atoms with Crippen LogP contribution in [-0.4, -0.2) is 18.2 Å². The van der Waals surface area contributed by atoms with Gasteiger partial charge in [-0.3, -0.25) is 4.79 Å². The van der Waals surface area contributed by atoms with Gasteiger partial charge in [-0.1, -0.05) is 11.2 Å². The van der Waals surface area contributed by atoms with Gasteiger partial charge in [0.25, 0.3) is 5.91 Å². The van der Waals surface area contributed by atoms with E-state index in [1.807, 2.05) is 20.8 Å². The molecule has 2 aromatic carbocycles. The van der Waals surface area contributed by atoms with Gasteiger partial charge in [0, 0.05) is 5.56 Å². The SMILES string of the molecule is COc1cc(C(=O)Nc2cc(C)ccc2F)ccc1OCc1c(C)noc1C. The second kappa shape index (κ2) is 8.12. The van der Waals surface area contributed by atoms with Crippen molar-refractivity contribution in [3.8, 4) is 11.5 Å². The average Bonchev–Trinajstić information content (AvgIpc) is 3.00. The number of halogens is 1. The second-order valence-electron chi connectivity index (χ2n) is 6.39. The van der Waals surface area contributed by atoms with Crippen LogP contribution in [0.5, 0.6) is 11.5 Å². The Hall–Kier alpha value is -3.35. The number of rotatable bonds is 6. The van der Waals surface area contributed by atoms with E-state index in [9.17, 15) is 9.18 Å². The Morgan fingerprint density at radius 1 is 1.14 bits per heavy atom. The van der Waals surface area contributed by atoms with Crippen molar-refractivity contribution in [1.82, 2.24) is 5.16 Å². The molecule has 28 heavy (non-hydrogen) atoms. The summed E-state index contributed by atoms with van der Waals surface area (Å²) >= 11 is 0. The lowest BCUT2D eigenvalue weighted by Gasteiger charge is -2.13. The summed E-state index contributed by atoms with van der Waals surface area (Å²) in [6, 6.07) is 9.31. The first-order chi connectivity index (χ1) is 13.4. The molecule has 1 amide bonds. The first-order valence-corrected chi connectivity index (χ1v) is 8.69. The van der Waals surface area contributed by atoms with E-state index in [1.54, 1.807) is 30.3 Å².